The topological polar surface area (TPSA) is 186 Å². The average molecular weight is 433 g/mol. The molecule has 3 heterocycles. The molecule has 0 unspecified atom stereocenters. The Morgan fingerprint density at radius 2 is 2.14 bits per heavy atom. The number of aryl methyl sites for hydroxylation is 1. The molecule has 1 aromatic rings. The second-order valence-electron chi connectivity index (χ2n) is 6.45. The van der Waals surface area contributed by atoms with Gasteiger partial charge in [-0.3, -0.25) is 19.1 Å². The van der Waals surface area contributed by atoms with Gasteiger partial charge in [-0.05, 0) is 6.92 Å². The molecule has 1 fully saturated rings. The van der Waals surface area contributed by atoms with Gasteiger partial charge in [-0.1, -0.05) is 0 Å². The monoisotopic (exact) mass is 433 g/mol. The zero-order valence-corrected chi connectivity index (χ0v) is 16.1. The van der Waals surface area contributed by atoms with Crippen molar-refractivity contribution in [2.45, 2.75) is 31.0 Å². The van der Waals surface area contributed by atoms with Crippen LogP contribution in [0.4, 0.5) is 0 Å². The molecule has 1 saturated heterocycles. The molecule has 0 aliphatic carbocycles. The summed E-state index contributed by atoms with van der Waals surface area (Å²) in [4.78, 5) is 37.3. The minimum atomic E-state index is -4.32. The maximum atomic E-state index is 12.2. The van der Waals surface area contributed by atoms with Crippen molar-refractivity contribution in [1.29, 1.82) is 0 Å². The van der Waals surface area contributed by atoms with Crippen molar-refractivity contribution < 1.29 is 37.1 Å². The van der Waals surface area contributed by atoms with Gasteiger partial charge in [-0.25, -0.2) is 8.98 Å². The lowest BCUT2D eigenvalue weighted by molar-refractivity contribution is -0.139. The number of carbonyl (C=O) groups excluding carboxylic acids is 1. The summed E-state index contributed by atoms with van der Waals surface area (Å²) in [5.74, 6) is -0.733. The molecule has 1 spiro atoms. The van der Waals surface area contributed by atoms with Gasteiger partial charge in [0.25, 0.3) is 15.7 Å². The molecule has 0 radical (unpaired) electrons. The van der Waals surface area contributed by atoms with E-state index >= 15 is 0 Å². The molecule has 2 aliphatic heterocycles. The number of esters is 1. The summed E-state index contributed by atoms with van der Waals surface area (Å²) in [5, 5.41) is 23.8. The summed E-state index contributed by atoms with van der Waals surface area (Å²) in [6, 6.07) is 0. The number of nitrogens with zero attached hydrogens (tertiary/aromatic N) is 1. The number of aromatic amines is 1. The van der Waals surface area contributed by atoms with Gasteiger partial charge in [0.05, 0.1) is 24.8 Å². The Morgan fingerprint density at radius 1 is 1.45 bits per heavy atom. The van der Waals surface area contributed by atoms with Crippen LogP contribution >= 0.6 is 0 Å². The van der Waals surface area contributed by atoms with E-state index in [1.165, 1.54) is 6.92 Å². The number of carbonyl (C=O) groups is 1. The molecule has 2 aliphatic rings. The standard InChI is InChI=1S/C15H19N3O10S/c1-7-4-18(14(23)17-12(7)22)13-11(21)15(9(5-19)27-13)8(6-29(24,25)28-15)16-3-10(20)26-2/h4,6,9,11,13,16,19,21H,3,5H2,1-2H3,(H,17,22,23)/t9-,11+,13-,15-/m1/s1. The molecule has 14 heteroatoms. The second-order valence-corrected chi connectivity index (χ2v) is 7.84. The predicted octanol–water partition coefficient (Wildman–Crippen LogP) is -3.20. The summed E-state index contributed by atoms with van der Waals surface area (Å²) in [6.07, 6.45) is -3.64. The molecule has 4 N–H and O–H groups in total. The van der Waals surface area contributed by atoms with Crippen LogP contribution < -0.4 is 16.6 Å². The van der Waals surface area contributed by atoms with Crippen LogP contribution in [0.1, 0.15) is 11.8 Å². The Hall–Kier alpha value is -2.52. The van der Waals surface area contributed by atoms with E-state index in [9.17, 15) is 33.0 Å². The van der Waals surface area contributed by atoms with Crippen LogP contribution in [0.2, 0.25) is 0 Å². The number of hydrogen-bond acceptors (Lipinski definition) is 11. The maximum Gasteiger partial charge on any atom is 0.330 e. The van der Waals surface area contributed by atoms with Crippen LogP contribution in [-0.2, 0) is 28.6 Å². The van der Waals surface area contributed by atoms with Crippen LogP contribution in [0.15, 0.2) is 26.9 Å². The first-order chi connectivity index (χ1) is 13.6. The minimum absolute atomic E-state index is 0.126. The Balaban J connectivity index is 2.07. The summed E-state index contributed by atoms with van der Waals surface area (Å²) in [6.45, 7) is 0.156. The fourth-order valence-corrected chi connectivity index (χ4v) is 4.55. The van der Waals surface area contributed by atoms with E-state index in [4.69, 9.17) is 8.92 Å². The van der Waals surface area contributed by atoms with E-state index in [0.717, 1.165) is 17.9 Å². The highest BCUT2D eigenvalue weighted by Gasteiger charge is 2.65. The highest BCUT2D eigenvalue weighted by atomic mass is 32.2. The first kappa shape index (κ1) is 21.2. The largest absolute Gasteiger partial charge is 0.468 e. The first-order valence-electron chi connectivity index (χ1n) is 8.30. The van der Waals surface area contributed by atoms with Crippen molar-refractivity contribution in [2.75, 3.05) is 20.3 Å². The van der Waals surface area contributed by atoms with E-state index in [-0.39, 0.29) is 11.3 Å². The van der Waals surface area contributed by atoms with Crippen LogP contribution in [-0.4, -0.2) is 72.2 Å². The molecule has 0 aromatic carbocycles. The SMILES string of the molecule is COC(=O)CNC1=CS(=O)(=O)O[C@@]12[C@@H](CO)O[C@@H](n1cc(C)c(=O)[nH]c1=O)[C@@H]2O. The molecular weight excluding hydrogens is 414 g/mol. The number of hydrogen-bond donors (Lipinski definition) is 4. The number of methoxy groups -OCH3 is 1. The number of aliphatic hydroxyl groups excluding tert-OH is 2. The minimum Gasteiger partial charge on any atom is -0.468 e. The fraction of sp³-hybridized carbons (Fsp3) is 0.533. The zero-order chi connectivity index (χ0) is 21.6. The van der Waals surface area contributed by atoms with Gasteiger partial charge < -0.3 is 25.0 Å². The van der Waals surface area contributed by atoms with Crippen LogP contribution in [0, 0.1) is 6.92 Å². The number of H-pyrrole nitrogens is 1. The van der Waals surface area contributed by atoms with Gasteiger partial charge in [0.1, 0.15) is 18.8 Å². The van der Waals surface area contributed by atoms with Crippen molar-refractivity contribution in [2.24, 2.45) is 0 Å². The Labute approximate surface area is 163 Å². The average Bonchev–Trinajstić information content (AvgIpc) is 3.09. The summed E-state index contributed by atoms with van der Waals surface area (Å²) in [5.41, 5.74) is -3.86. The lowest BCUT2D eigenvalue weighted by atomic mass is 9.89. The van der Waals surface area contributed by atoms with Crippen LogP contribution in [0.3, 0.4) is 0 Å². The third kappa shape index (κ3) is 3.49. The third-order valence-electron chi connectivity index (χ3n) is 4.67. The van der Waals surface area contributed by atoms with Crippen molar-refractivity contribution in [3.8, 4) is 0 Å². The predicted molar refractivity (Wildman–Crippen MR) is 93.9 cm³/mol. The van der Waals surface area contributed by atoms with Gasteiger partial charge in [0.2, 0.25) is 0 Å². The zero-order valence-electron chi connectivity index (χ0n) is 15.3. The third-order valence-corrected chi connectivity index (χ3v) is 5.70. The Kier molecular flexibility index (Phi) is 5.40. The van der Waals surface area contributed by atoms with Crippen molar-refractivity contribution in [3.05, 3.63) is 43.7 Å². The smallest absolute Gasteiger partial charge is 0.330 e. The lowest BCUT2D eigenvalue weighted by Gasteiger charge is -2.32. The Morgan fingerprint density at radius 3 is 2.76 bits per heavy atom. The molecule has 0 saturated carbocycles. The van der Waals surface area contributed by atoms with E-state index in [0.29, 0.717) is 5.41 Å². The number of aromatic nitrogens is 2. The molecule has 4 atom stereocenters. The number of aliphatic hydroxyl groups is 2. The van der Waals surface area contributed by atoms with Crippen LogP contribution in [0.5, 0.6) is 0 Å². The first-order valence-corrected chi connectivity index (χ1v) is 9.78. The normalized spacial score (nSPS) is 30.3. The quantitative estimate of drug-likeness (QED) is 0.270. The molecule has 1 aromatic heterocycles. The van der Waals surface area contributed by atoms with E-state index in [1.54, 1.807) is 0 Å². The summed E-state index contributed by atoms with van der Waals surface area (Å²) >= 11 is 0. The molecule has 160 valence electrons. The van der Waals surface area contributed by atoms with Gasteiger partial charge in [0, 0.05) is 11.8 Å². The van der Waals surface area contributed by atoms with Crippen molar-refractivity contribution >= 4 is 16.1 Å². The van der Waals surface area contributed by atoms with Gasteiger partial charge >= 0.3 is 11.7 Å². The number of rotatable bonds is 5. The van der Waals surface area contributed by atoms with E-state index in [2.05, 4.69) is 10.1 Å². The molecule has 0 bridgehead atoms. The Bertz CT molecular complexity index is 1070. The maximum absolute atomic E-state index is 12.2. The van der Waals surface area contributed by atoms with Crippen molar-refractivity contribution in [3.63, 3.8) is 0 Å². The second kappa shape index (κ2) is 7.38. The van der Waals surface area contributed by atoms with Gasteiger partial charge in [0.15, 0.2) is 11.8 Å². The van der Waals surface area contributed by atoms with Gasteiger partial charge in [-0.15, -0.1) is 0 Å². The molecule has 0 amide bonds. The number of ether oxygens (including phenoxy) is 2. The fourth-order valence-electron chi connectivity index (χ4n) is 3.27. The highest BCUT2D eigenvalue weighted by molar-refractivity contribution is 7.90. The molecule has 3 rings (SSSR count). The molecule has 29 heavy (non-hydrogen) atoms. The molecular formula is C15H19N3O10S. The van der Waals surface area contributed by atoms with E-state index < -0.39 is 64.5 Å². The molecule has 13 nitrogen and oxygen atoms in total. The van der Waals surface area contributed by atoms with E-state index in [1.807, 2.05) is 4.98 Å². The highest BCUT2D eigenvalue weighted by Crippen LogP contribution is 2.47. The van der Waals surface area contributed by atoms with Crippen molar-refractivity contribution in [1.82, 2.24) is 14.9 Å². The van der Waals surface area contributed by atoms with Gasteiger partial charge in [-0.2, -0.15) is 8.42 Å². The van der Waals surface area contributed by atoms with Crippen LogP contribution in [0.25, 0.3) is 0 Å². The summed E-state index contributed by atoms with van der Waals surface area (Å²) < 4.78 is 40.2. The number of nitrogens with one attached hydrogen (secondary N) is 2. The summed E-state index contributed by atoms with van der Waals surface area (Å²) in [7, 11) is -3.20. The lowest BCUT2D eigenvalue weighted by Crippen LogP contribution is -2.54.